The molecule has 0 aliphatic heterocycles. The summed E-state index contributed by atoms with van der Waals surface area (Å²) in [6.45, 7) is 11.3. The van der Waals surface area contributed by atoms with Gasteiger partial charge in [0.15, 0.2) is 5.96 Å². The predicted octanol–water partition coefficient (Wildman–Crippen LogP) is 2.53. The average molecular weight is 302 g/mol. The first-order valence-corrected chi connectivity index (χ1v) is 8.54. The van der Waals surface area contributed by atoms with Gasteiger partial charge in [0.1, 0.15) is 0 Å². The zero-order chi connectivity index (χ0) is 15.8. The van der Waals surface area contributed by atoms with Gasteiger partial charge in [-0.1, -0.05) is 36.8 Å². The number of likely N-dealkylation sites (N-methyl/N-ethyl adjacent to an activating group) is 1. The summed E-state index contributed by atoms with van der Waals surface area (Å²) in [5, 5.41) is 6.77. The molecule has 4 heteroatoms. The van der Waals surface area contributed by atoms with Gasteiger partial charge in [-0.15, -0.1) is 0 Å². The van der Waals surface area contributed by atoms with E-state index >= 15 is 0 Å². The molecule has 1 aliphatic carbocycles. The Morgan fingerprint density at radius 3 is 2.73 bits per heavy atom. The Morgan fingerprint density at radius 1 is 1.27 bits per heavy atom. The summed E-state index contributed by atoms with van der Waals surface area (Å²) in [5.41, 5.74) is 2.54. The Kier molecular flexibility index (Phi) is 6.72. The van der Waals surface area contributed by atoms with Crippen molar-refractivity contribution in [3.8, 4) is 0 Å². The van der Waals surface area contributed by atoms with Crippen LogP contribution in [-0.2, 0) is 6.54 Å². The monoisotopic (exact) mass is 302 g/mol. The largest absolute Gasteiger partial charge is 0.357 e. The summed E-state index contributed by atoms with van der Waals surface area (Å²) >= 11 is 0. The van der Waals surface area contributed by atoms with Gasteiger partial charge < -0.3 is 10.6 Å². The summed E-state index contributed by atoms with van der Waals surface area (Å²) in [6, 6.07) is 9.37. The van der Waals surface area contributed by atoms with E-state index in [4.69, 9.17) is 0 Å². The maximum atomic E-state index is 4.68. The molecular weight excluding hydrogens is 272 g/mol. The lowest BCUT2D eigenvalue weighted by Crippen LogP contribution is -2.42. The third kappa shape index (κ3) is 5.68. The molecule has 0 heterocycles. The number of nitrogens with one attached hydrogen (secondary N) is 2. The van der Waals surface area contributed by atoms with Gasteiger partial charge in [0.25, 0.3) is 0 Å². The molecule has 2 rings (SSSR count). The highest BCUT2D eigenvalue weighted by Gasteiger charge is 2.27. The van der Waals surface area contributed by atoms with Crippen molar-refractivity contribution in [2.45, 2.75) is 46.2 Å². The predicted molar refractivity (Wildman–Crippen MR) is 94.3 cm³/mol. The zero-order valence-corrected chi connectivity index (χ0v) is 14.2. The molecule has 1 saturated carbocycles. The van der Waals surface area contributed by atoms with Crippen molar-refractivity contribution in [1.29, 1.82) is 0 Å². The smallest absolute Gasteiger partial charge is 0.191 e. The van der Waals surface area contributed by atoms with Gasteiger partial charge in [-0.2, -0.15) is 0 Å². The summed E-state index contributed by atoms with van der Waals surface area (Å²) < 4.78 is 0. The maximum absolute atomic E-state index is 4.68. The molecule has 0 aromatic heterocycles. The average Bonchev–Trinajstić information content (AvgIpc) is 3.34. The second-order valence-corrected chi connectivity index (χ2v) is 5.97. The lowest BCUT2D eigenvalue weighted by Gasteiger charge is -2.20. The van der Waals surface area contributed by atoms with Crippen LogP contribution < -0.4 is 10.6 Å². The molecule has 1 aromatic rings. The molecule has 122 valence electrons. The molecule has 0 atom stereocenters. The minimum atomic E-state index is 0.719. The van der Waals surface area contributed by atoms with Crippen molar-refractivity contribution < 1.29 is 0 Å². The highest BCUT2D eigenvalue weighted by Crippen LogP contribution is 2.25. The first kappa shape index (κ1) is 16.8. The fourth-order valence-corrected chi connectivity index (χ4v) is 2.68. The second kappa shape index (κ2) is 8.79. The van der Waals surface area contributed by atoms with Crippen LogP contribution in [0.1, 0.15) is 37.8 Å². The summed E-state index contributed by atoms with van der Waals surface area (Å²) in [4.78, 5) is 7.24. The Bertz CT molecular complexity index is 480. The van der Waals surface area contributed by atoms with Gasteiger partial charge in [-0.3, -0.25) is 4.90 Å². The van der Waals surface area contributed by atoms with Gasteiger partial charge >= 0.3 is 0 Å². The van der Waals surface area contributed by atoms with Crippen LogP contribution in [-0.4, -0.2) is 43.1 Å². The summed E-state index contributed by atoms with van der Waals surface area (Å²) in [5.74, 6) is 0.913. The maximum Gasteiger partial charge on any atom is 0.191 e. The van der Waals surface area contributed by atoms with Crippen molar-refractivity contribution in [1.82, 2.24) is 15.5 Å². The van der Waals surface area contributed by atoms with Crippen molar-refractivity contribution >= 4 is 5.96 Å². The van der Waals surface area contributed by atoms with E-state index in [-0.39, 0.29) is 0 Å². The standard InChI is InChI=1S/C18H30N4/c1-4-19-18(20-11-12-22(5-2)17-9-10-17)21-14-16-8-6-7-15(3)13-16/h6-8,13,17H,4-5,9-12,14H2,1-3H3,(H2,19,20,21). The summed E-state index contributed by atoms with van der Waals surface area (Å²) in [6.07, 6.45) is 2.74. The zero-order valence-electron chi connectivity index (χ0n) is 14.2. The number of aliphatic imine (C=N–C) groups is 1. The first-order valence-electron chi connectivity index (χ1n) is 8.54. The Hall–Kier alpha value is -1.55. The highest BCUT2D eigenvalue weighted by atomic mass is 15.2. The molecule has 22 heavy (non-hydrogen) atoms. The van der Waals surface area contributed by atoms with Crippen LogP contribution >= 0.6 is 0 Å². The summed E-state index contributed by atoms with van der Waals surface area (Å²) in [7, 11) is 0. The Labute approximate surface area is 135 Å². The van der Waals surface area contributed by atoms with Crippen LogP contribution in [0.15, 0.2) is 29.3 Å². The molecule has 1 fully saturated rings. The third-order valence-corrected chi connectivity index (χ3v) is 4.01. The van der Waals surface area contributed by atoms with Gasteiger partial charge in [0.2, 0.25) is 0 Å². The van der Waals surface area contributed by atoms with Crippen molar-refractivity contribution in [2.75, 3.05) is 26.2 Å². The fraction of sp³-hybridized carbons (Fsp3) is 0.611. The molecule has 0 unspecified atom stereocenters. The molecule has 0 saturated heterocycles. The minimum absolute atomic E-state index is 0.719. The molecule has 0 spiro atoms. The van der Waals surface area contributed by atoms with Crippen molar-refractivity contribution in [3.63, 3.8) is 0 Å². The first-order chi connectivity index (χ1) is 10.7. The van der Waals surface area contributed by atoms with E-state index in [1.54, 1.807) is 0 Å². The molecular formula is C18H30N4. The van der Waals surface area contributed by atoms with Gasteiger partial charge in [-0.25, -0.2) is 4.99 Å². The Morgan fingerprint density at radius 2 is 2.09 bits per heavy atom. The van der Waals surface area contributed by atoms with Crippen LogP contribution in [0.2, 0.25) is 0 Å². The number of nitrogens with zero attached hydrogens (tertiary/aromatic N) is 2. The number of hydrogen-bond acceptors (Lipinski definition) is 2. The third-order valence-electron chi connectivity index (χ3n) is 4.01. The van der Waals surface area contributed by atoms with E-state index in [9.17, 15) is 0 Å². The van der Waals surface area contributed by atoms with Gasteiger partial charge in [0.05, 0.1) is 6.54 Å². The van der Waals surface area contributed by atoms with Crippen LogP contribution in [0.25, 0.3) is 0 Å². The fourth-order valence-electron chi connectivity index (χ4n) is 2.68. The minimum Gasteiger partial charge on any atom is -0.357 e. The molecule has 1 aromatic carbocycles. The van der Waals surface area contributed by atoms with Crippen LogP contribution in [0, 0.1) is 6.92 Å². The Balaban J connectivity index is 1.81. The lowest BCUT2D eigenvalue weighted by molar-refractivity contribution is 0.282. The number of guanidine groups is 1. The quantitative estimate of drug-likeness (QED) is 0.572. The van der Waals surface area contributed by atoms with Crippen molar-refractivity contribution in [2.24, 2.45) is 4.99 Å². The highest BCUT2D eigenvalue weighted by molar-refractivity contribution is 5.79. The van der Waals surface area contributed by atoms with E-state index in [0.717, 1.165) is 44.7 Å². The molecule has 4 nitrogen and oxygen atoms in total. The number of benzene rings is 1. The number of aryl methyl sites for hydroxylation is 1. The van der Waals surface area contributed by atoms with E-state index in [1.165, 1.54) is 24.0 Å². The van der Waals surface area contributed by atoms with Crippen molar-refractivity contribution in [3.05, 3.63) is 35.4 Å². The van der Waals surface area contributed by atoms with Crippen LogP contribution in [0.5, 0.6) is 0 Å². The molecule has 0 amide bonds. The van der Waals surface area contributed by atoms with Crippen LogP contribution in [0.3, 0.4) is 0 Å². The van der Waals surface area contributed by atoms with E-state index < -0.39 is 0 Å². The normalized spacial score (nSPS) is 15.2. The number of hydrogen-bond donors (Lipinski definition) is 2. The number of rotatable bonds is 8. The van der Waals surface area contributed by atoms with Gasteiger partial charge in [-0.05, 0) is 38.8 Å². The molecule has 1 aliphatic rings. The van der Waals surface area contributed by atoms with E-state index in [0.29, 0.717) is 0 Å². The SMILES string of the molecule is CCNC(=NCc1cccc(C)c1)NCCN(CC)C1CC1. The van der Waals surface area contributed by atoms with Gasteiger partial charge in [0, 0.05) is 25.7 Å². The second-order valence-electron chi connectivity index (χ2n) is 5.97. The lowest BCUT2D eigenvalue weighted by atomic mass is 10.1. The van der Waals surface area contributed by atoms with E-state index in [1.807, 2.05) is 0 Å². The molecule has 0 radical (unpaired) electrons. The van der Waals surface area contributed by atoms with E-state index in [2.05, 4.69) is 65.6 Å². The molecule has 2 N–H and O–H groups in total. The topological polar surface area (TPSA) is 39.7 Å². The molecule has 0 bridgehead atoms. The van der Waals surface area contributed by atoms with Crippen LogP contribution in [0.4, 0.5) is 0 Å².